The summed E-state index contributed by atoms with van der Waals surface area (Å²) < 4.78 is 1.76. The van der Waals surface area contributed by atoms with E-state index in [-0.39, 0.29) is 18.3 Å². The fraction of sp³-hybridized carbons (Fsp3) is 0.667. The van der Waals surface area contributed by atoms with Crippen LogP contribution in [0, 0.1) is 0 Å². The number of nitrogens with one attached hydrogen (secondary N) is 2. The van der Waals surface area contributed by atoms with Crippen molar-refractivity contribution in [3.05, 3.63) is 18.0 Å². The van der Waals surface area contributed by atoms with E-state index in [0.717, 1.165) is 39.3 Å². The molecule has 1 aromatic heterocycles. The van der Waals surface area contributed by atoms with Crippen LogP contribution in [-0.4, -0.2) is 59.9 Å². The predicted octanol–water partition coefficient (Wildman–Crippen LogP) is -0.0402. The highest BCUT2D eigenvalue weighted by molar-refractivity contribution is 5.93. The second-order valence-corrected chi connectivity index (χ2v) is 4.43. The van der Waals surface area contributed by atoms with Gasteiger partial charge in [-0.1, -0.05) is 0 Å². The normalized spacial score (nSPS) is 15.8. The van der Waals surface area contributed by atoms with Gasteiger partial charge in [-0.15, -0.1) is 12.4 Å². The molecule has 1 fully saturated rings. The van der Waals surface area contributed by atoms with Crippen LogP contribution in [-0.2, 0) is 6.54 Å². The number of amides is 1. The Morgan fingerprint density at radius 2 is 2.21 bits per heavy atom. The van der Waals surface area contributed by atoms with Crippen LogP contribution >= 0.6 is 12.4 Å². The Balaban J connectivity index is 0.00000180. The molecule has 1 aromatic rings. The first-order valence-electron chi connectivity index (χ1n) is 6.53. The van der Waals surface area contributed by atoms with E-state index in [2.05, 4.69) is 20.6 Å². The third-order valence-electron chi connectivity index (χ3n) is 3.14. The Hall–Kier alpha value is -1.11. The number of aromatic nitrogens is 2. The molecule has 1 saturated heterocycles. The van der Waals surface area contributed by atoms with E-state index in [4.69, 9.17) is 0 Å². The molecule has 2 N–H and O–H groups in total. The molecule has 0 saturated carbocycles. The Morgan fingerprint density at radius 1 is 1.47 bits per heavy atom. The van der Waals surface area contributed by atoms with Crippen molar-refractivity contribution in [3.63, 3.8) is 0 Å². The second kappa shape index (κ2) is 8.14. The highest BCUT2D eigenvalue weighted by Crippen LogP contribution is 1.97. The highest BCUT2D eigenvalue weighted by Gasteiger charge is 2.11. The van der Waals surface area contributed by atoms with E-state index >= 15 is 0 Å². The maximum atomic E-state index is 11.8. The first kappa shape index (κ1) is 15.9. The van der Waals surface area contributed by atoms with Crippen molar-refractivity contribution < 1.29 is 4.79 Å². The van der Waals surface area contributed by atoms with E-state index in [9.17, 15) is 4.79 Å². The van der Waals surface area contributed by atoms with Crippen LogP contribution in [0.5, 0.6) is 0 Å². The minimum absolute atomic E-state index is 0. The zero-order valence-corrected chi connectivity index (χ0v) is 12.1. The van der Waals surface area contributed by atoms with Crippen molar-refractivity contribution in [2.75, 3.05) is 39.3 Å². The molecule has 0 atom stereocenters. The Labute approximate surface area is 119 Å². The summed E-state index contributed by atoms with van der Waals surface area (Å²) in [6.07, 6.45) is 3.39. The highest BCUT2D eigenvalue weighted by atomic mass is 35.5. The van der Waals surface area contributed by atoms with Crippen molar-refractivity contribution in [1.82, 2.24) is 25.3 Å². The van der Waals surface area contributed by atoms with Gasteiger partial charge in [0.05, 0.1) is 11.8 Å². The third-order valence-corrected chi connectivity index (χ3v) is 3.14. The number of hydrogen-bond donors (Lipinski definition) is 2. The number of hydrogen-bond acceptors (Lipinski definition) is 4. The van der Waals surface area contributed by atoms with Crippen LogP contribution in [0.25, 0.3) is 0 Å². The van der Waals surface area contributed by atoms with Crippen LogP contribution < -0.4 is 10.6 Å². The monoisotopic (exact) mass is 287 g/mol. The molecular formula is C12H22ClN5O. The summed E-state index contributed by atoms with van der Waals surface area (Å²) in [7, 11) is 0. The van der Waals surface area contributed by atoms with Crippen LogP contribution in [0.3, 0.4) is 0 Å². The lowest BCUT2D eigenvalue weighted by Crippen LogP contribution is -2.46. The summed E-state index contributed by atoms with van der Waals surface area (Å²) in [5.74, 6) is -0.0372. The number of carbonyl (C=O) groups excluding carboxylic acids is 1. The van der Waals surface area contributed by atoms with Gasteiger partial charge in [-0.2, -0.15) is 5.10 Å². The first-order chi connectivity index (χ1) is 8.79. The molecule has 108 valence electrons. The number of halogens is 1. The molecule has 1 aliphatic rings. The molecule has 0 radical (unpaired) electrons. The van der Waals surface area contributed by atoms with Crippen LogP contribution in [0.1, 0.15) is 17.3 Å². The maximum Gasteiger partial charge on any atom is 0.254 e. The Morgan fingerprint density at radius 3 is 2.84 bits per heavy atom. The average Bonchev–Trinajstić information content (AvgIpc) is 2.89. The summed E-state index contributed by atoms with van der Waals surface area (Å²) in [6.45, 7) is 8.58. The maximum absolute atomic E-state index is 11.8. The van der Waals surface area contributed by atoms with Crippen molar-refractivity contribution in [1.29, 1.82) is 0 Å². The van der Waals surface area contributed by atoms with Crippen LogP contribution in [0.2, 0.25) is 0 Å². The molecule has 0 aromatic carbocycles. The summed E-state index contributed by atoms with van der Waals surface area (Å²) in [6, 6.07) is 0. The number of nitrogens with zero attached hydrogens (tertiary/aromatic N) is 3. The molecule has 0 bridgehead atoms. The van der Waals surface area contributed by atoms with Crippen molar-refractivity contribution in [3.8, 4) is 0 Å². The van der Waals surface area contributed by atoms with Crippen LogP contribution in [0.15, 0.2) is 12.4 Å². The molecule has 0 spiro atoms. The molecule has 2 heterocycles. The molecule has 0 unspecified atom stereocenters. The Bertz CT molecular complexity index is 389. The first-order valence-corrected chi connectivity index (χ1v) is 6.53. The Kier molecular flexibility index (Phi) is 6.83. The topological polar surface area (TPSA) is 62.2 Å². The van der Waals surface area contributed by atoms with Gasteiger partial charge in [0.2, 0.25) is 0 Å². The smallest absolute Gasteiger partial charge is 0.254 e. The molecule has 6 nitrogen and oxygen atoms in total. The number of rotatable bonds is 5. The van der Waals surface area contributed by atoms with E-state index in [1.54, 1.807) is 17.1 Å². The van der Waals surface area contributed by atoms with E-state index in [1.807, 2.05) is 6.92 Å². The molecule has 0 aliphatic carbocycles. The van der Waals surface area contributed by atoms with Gasteiger partial charge in [-0.3, -0.25) is 14.4 Å². The standard InChI is InChI=1S/C12H21N5O.ClH/c1-2-17-10-11(9-15-17)12(18)14-5-8-16-6-3-13-4-7-16;/h9-10,13H,2-8H2,1H3,(H,14,18);1H. The quantitative estimate of drug-likeness (QED) is 0.798. The van der Waals surface area contributed by atoms with Gasteiger partial charge in [0.25, 0.3) is 5.91 Å². The van der Waals surface area contributed by atoms with Gasteiger partial charge in [-0.25, -0.2) is 0 Å². The van der Waals surface area contributed by atoms with Crippen molar-refractivity contribution in [2.45, 2.75) is 13.5 Å². The molecule has 1 aliphatic heterocycles. The fourth-order valence-electron chi connectivity index (χ4n) is 2.02. The average molecular weight is 288 g/mol. The van der Waals surface area contributed by atoms with E-state index in [0.29, 0.717) is 12.1 Å². The number of piperazine rings is 1. The number of carbonyl (C=O) groups is 1. The van der Waals surface area contributed by atoms with Crippen LogP contribution in [0.4, 0.5) is 0 Å². The van der Waals surface area contributed by atoms with Gasteiger partial charge >= 0.3 is 0 Å². The lowest BCUT2D eigenvalue weighted by atomic mass is 10.3. The lowest BCUT2D eigenvalue weighted by molar-refractivity contribution is 0.0947. The van der Waals surface area contributed by atoms with E-state index < -0.39 is 0 Å². The number of aryl methyl sites for hydroxylation is 1. The predicted molar refractivity (Wildman–Crippen MR) is 76.8 cm³/mol. The van der Waals surface area contributed by atoms with Gasteiger partial charge in [0.1, 0.15) is 0 Å². The van der Waals surface area contributed by atoms with Gasteiger partial charge in [0.15, 0.2) is 0 Å². The van der Waals surface area contributed by atoms with E-state index in [1.165, 1.54) is 0 Å². The van der Waals surface area contributed by atoms with Gasteiger partial charge < -0.3 is 10.6 Å². The second-order valence-electron chi connectivity index (χ2n) is 4.43. The summed E-state index contributed by atoms with van der Waals surface area (Å²) >= 11 is 0. The van der Waals surface area contributed by atoms with Crippen molar-refractivity contribution >= 4 is 18.3 Å². The molecule has 7 heteroatoms. The third kappa shape index (κ3) is 4.81. The summed E-state index contributed by atoms with van der Waals surface area (Å²) in [4.78, 5) is 14.2. The summed E-state index contributed by atoms with van der Waals surface area (Å²) in [5, 5.41) is 10.3. The summed E-state index contributed by atoms with van der Waals surface area (Å²) in [5.41, 5.74) is 0.636. The molecule has 2 rings (SSSR count). The molecule has 1 amide bonds. The van der Waals surface area contributed by atoms with Crippen molar-refractivity contribution in [2.24, 2.45) is 0 Å². The zero-order chi connectivity index (χ0) is 12.8. The minimum atomic E-state index is -0.0372. The zero-order valence-electron chi connectivity index (χ0n) is 11.3. The SMILES string of the molecule is CCn1cc(C(=O)NCCN2CCNCC2)cn1.Cl. The van der Waals surface area contributed by atoms with Gasteiger partial charge in [-0.05, 0) is 6.92 Å². The fourth-order valence-corrected chi connectivity index (χ4v) is 2.02. The lowest BCUT2D eigenvalue weighted by Gasteiger charge is -2.26. The largest absolute Gasteiger partial charge is 0.351 e. The van der Waals surface area contributed by atoms with Gasteiger partial charge in [0, 0.05) is 52.0 Å². The molecule has 19 heavy (non-hydrogen) atoms. The molecular weight excluding hydrogens is 266 g/mol. The minimum Gasteiger partial charge on any atom is -0.351 e.